The van der Waals surface area contributed by atoms with Crippen molar-refractivity contribution in [1.29, 1.82) is 0 Å². The number of nitrogens with one attached hydrogen (secondary N) is 1. The van der Waals surface area contributed by atoms with E-state index < -0.39 is 9.84 Å². The van der Waals surface area contributed by atoms with Crippen LogP contribution in [0, 0.1) is 0 Å². The van der Waals surface area contributed by atoms with E-state index in [2.05, 4.69) is 19.9 Å². The first-order valence-corrected chi connectivity index (χ1v) is 8.88. The second kappa shape index (κ2) is 5.26. The summed E-state index contributed by atoms with van der Waals surface area (Å²) in [4.78, 5) is 0.160. The molecule has 0 aromatic carbocycles. The highest BCUT2D eigenvalue weighted by Crippen LogP contribution is 2.40. The lowest BCUT2D eigenvalue weighted by Gasteiger charge is -2.07. The van der Waals surface area contributed by atoms with Gasteiger partial charge in [-0.3, -0.25) is 0 Å². The Balaban J connectivity index is 1.73. The highest BCUT2D eigenvalue weighted by molar-refractivity contribution is 7.92. The van der Waals surface area contributed by atoms with Crippen molar-refractivity contribution in [1.82, 2.24) is 19.1 Å². The Kier molecular flexibility index (Phi) is 3.57. The first-order valence-electron chi connectivity index (χ1n) is 6.56. The van der Waals surface area contributed by atoms with Gasteiger partial charge in [-0.2, -0.15) is 4.37 Å². The Bertz CT molecular complexity index is 747. The average Bonchev–Trinajstić information content (AvgIpc) is 3.13. The van der Waals surface area contributed by atoms with Gasteiger partial charge < -0.3 is 15.6 Å². The molecule has 3 rings (SSSR count). The van der Waals surface area contributed by atoms with Crippen molar-refractivity contribution < 1.29 is 8.42 Å². The first kappa shape index (κ1) is 14.3. The number of hydrogen-bond donors (Lipinski definition) is 2. The van der Waals surface area contributed by atoms with E-state index in [1.54, 1.807) is 6.33 Å². The fraction of sp³-hybridized carbons (Fsp3) is 0.545. The van der Waals surface area contributed by atoms with Gasteiger partial charge in [-0.15, -0.1) is 10.2 Å². The molecule has 0 aliphatic heterocycles. The van der Waals surface area contributed by atoms with Gasteiger partial charge >= 0.3 is 0 Å². The molecular weight excluding hydrogens is 312 g/mol. The third-order valence-electron chi connectivity index (χ3n) is 3.36. The molecule has 2 heterocycles. The number of hydrogen-bond acceptors (Lipinski definition) is 8. The van der Waals surface area contributed by atoms with Crippen LogP contribution in [-0.4, -0.2) is 39.4 Å². The van der Waals surface area contributed by atoms with E-state index in [0.717, 1.165) is 17.4 Å². The Labute approximate surface area is 126 Å². The van der Waals surface area contributed by atoms with E-state index >= 15 is 0 Å². The first-order chi connectivity index (χ1) is 10.00. The van der Waals surface area contributed by atoms with Gasteiger partial charge in [0.2, 0.25) is 0 Å². The van der Waals surface area contributed by atoms with Crippen molar-refractivity contribution in [2.45, 2.75) is 29.4 Å². The van der Waals surface area contributed by atoms with Gasteiger partial charge in [-0.25, -0.2) is 8.42 Å². The minimum atomic E-state index is -3.35. The topological polar surface area (TPSA) is 116 Å². The number of anilines is 2. The molecule has 1 fully saturated rings. The van der Waals surface area contributed by atoms with E-state index in [1.165, 1.54) is 0 Å². The molecule has 2 aromatic rings. The van der Waals surface area contributed by atoms with Crippen molar-refractivity contribution in [2.24, 2.45) is 7.05 Å². The molecule has 10 heteroatoms. The molecule has 0 atom stereocenters. The number of nitrogens with zero attached hydrogens (tertiary/aromatic N) is 4. The molecule has 0 spiro atoms. The normalized spacial score (nSPS) is 15.3. The standard InChI is InChI=1S/C11H16N6O2S2/c1-17-6-14-15-8(17)4-5-13-11-9(10(12)16-20-11)21(18,19)7-2-3-7/h6-7,13H,2-5H2,1H3,(H2,12,16). The van der Waals surface area contributed by atoms with Crippen LogP contribution in [-0.2, 0) is 23.3 Å². The predicted molar refractivity (Wildman–Crippen MR) is 79.9 cm³/mol. The molecule has 21 heavy (non-hydrogen) atoms. The molecule has 0 unspecified atom stereocenters. The molecule has 1 aliphatic carbocycles. The van der Waals surface area contributed by atoms with Crippen LogP contribution in [0.4, 0.5) is 10.8 Å². The largest absolute Gasteiger partial charge is 0.382 e. The van der Waals surface area contributed by atoms with Crippen LogP contribution in [0.15, 0.2) is 11.2 Å². The summed E-state index contributed by atoms with van der Waals surface area (Å²) in [5, 5.41) is 11.1. The van der Waals surface area contributed by atoms with Gasteiger partial charge in [0.15, 0.2) is 15.7 Å². The summed E-state index contributed by atoms with van der Waals surface area (Å²) < 4.78 is 30.5. The van der Waals surface area contributed by atoms with Crippen molar-refractivity contribution >= 4 is 32.2 Å². The maximum absolute atomic E-state index is 12.4. The molecule has 0 bridgehead atoms. The van der Waals surface area contributed by atoms with Gasteiger partial charge in [0.05, 0.1) is 5.25 Å². The average molecular weight is 328 g/mol. The van der Waals surface area contributed by atoms with Crippen LogP contribution in [0.2, 0.25) is 0 Å². The zero-order valence-electron chi connectivity index (χ0n) is 11.5. The molecule has 3 N–H and O–H groups in total. The lowest BCUT2D eigenvalue weighted by atomic mass is 10.4. The van der Waals surface area contributed by atoms with E-state index in [1.807, 2.05) is 11.6 Å². The molecule has 1 aliphatic rings. The Hall–Kier alpha value is -1.68. The third-order valence-corrected chi connectivity index (χ3v) is 6.64. The van der Waals surface area contributed by atoms with Crippen LogP contribution >= 0.6 is 11.5 Å². The summed E-state index contributed by atoms with van der Waals surface area (Å²) >= 11 is 1.08. The highest BCUT2D eigenvalue weighted by Gasteiger charge is 2.40. The molecule has 1 saturated carbocycles. The van der Waals surface area contributed by atoms with Gasteiger partial charge in [-0.1, -0.05) is 0 Å². The number of rotatable bonds is 6. The van der Waals surface area contributed by atoms with Gasteiger partial charge in [0.25, 0.3) is 0 Å². The molecule has 0 saturated heterocycles. The summed E-state index contributed by atoms with van der Waals surface area (Å²) in [6, 6.07) is 0. The SMILES string of the molecule is Cn1cnnc1CCNc1snc(N)c1S(=O)(=O)C1CC1. The number of nitrogens with two attached hydrogens (primary N) is 1. The van der Waals surface area contributed by atoms with Crippen molar-refractivity contribution in [3.8, 4) is 0 Å². The third kappa shape index (κ3) is 2.72. The monoisotopic (exact) mass is 328 g/mol. The fourth-order valence-corrected chi connectivity index (χ4v) is 4.96. The maximum Gasteiger partial charge on any atom is 0.187 e. The quantitative estimate of drug-likeness (QED) is 0.790. The Morgan fingerprint density at radius 2 is 2.29 bits per heavy atom. The Morgan fingerprint density at radius 1 is 1.52 bits per heavy atom. The molecule has 0 amide bonds. The smallest absolute Gasteiger partial charge is 0.187 e. The number of sulfone groups is 1. The van der Waals surface area contributed by atoms with Gasteiger partial charge in [0.1, 0.15) is 22.0 Å². The molecule has 0 radical (unpaired) electrons. The second-order valence-electron chi connectivity index (χ2n) is 5.01. The molecule has 114 valence electrons. The van der Waals surface area contributed by atoms with E-state index in [-0.39, 0.29) is 16.0 Å². The van der Waals surface area contributed by atoms with Crippen LogP contribution in [0.25, 0.3) is 0 Å². The van der Waals surface area contributed by atoms with Crippen molar-refractivity contribution in [2.75, 3.05) is 17.6 Å². The van der Waals surface area contributed by atoms with Gasteiger partial charge in [0, 0.05) is 20.0 Å². The van der Waals surface area contributed by atoms with Crippen molar-refractivity contribution in [3.05, 3.63) is 12.2 Å². The molecule has 2 aromatic heterocycles. The van der Waals surface area contributed by atoms with Crippen LogP contribution in [0.5, 0.6) is 0 Å². The van der Waals surface area contributed by atoms with Gasteiger partial charge in [-0.05, 0) is 24.4 Å². The minimum absolute atomic E-state index is 0.0908. The zero-order valence-corrected chi connectivity index (χ0v) is 13.1. The maximum atomic E-state index is 12.4. The zero-order chi connectivity index (χ0) is 15.0. The van der Waals surface area contributed by atoms with Crippen LogP contribution in [0.3, 0.4) is 0 Å². The fourth-order valence-electron chi connectivity index (χ4n) is 2.05. The second-order valence-corrected chi connectivity index (χ2v) is 7.94. The van der Waals surface area contributed by atoms with Crippen LogP contribution in [0.1, 0.15) is 18.7 Å². The summed E-state index contributed by atoms with van der Waals surface area (Å²) in [5.74, 6) is 0.916. The summed E-state index contributed by atoms with van der Waals surface area (Å²) in [5.41, 5.74) is 5.74. The summed E-state index contributed by atoms with van der Waals surface area (Å²) in [6.45, 7) is 0.543. The molecular formula is C11H16N6O2S2. The number of aromatic nitrogens is 4. The predicted octanol–water partition coefficient (Wildman–Crippen LogP) is 0.445. The lowest BCUT2D eigenvalue weighted by molar-refractivity contribution is 0.595. The van der Waals surface area contributed by atoms with Crippen LogP contribution < -0.4 is 11.1 Å². The molecule has 8 nitrogen and oxygen atoms in total. The lowest BCUT2D eigenvalue weighted by Crippen LogP contribution is -2.13. The minimum Gasteiger partial charge on any atom is -0.382 e. The highest BCUT2D eigenvalue weighted by atomic mass is 32.2. The van der Waals surface area contributed by atoms with E-state index in [4.69, 9.17) is 5.73 Å². The van der Waals surface area contributed by atoms with Crippen molar-refractivity contribution in [3.63, 3.8) is 0 Å². The summed E-state index contributed by atoms with van der Waals surface area (Å²) in [7, 11) is -1.48. The van der Waals surface area contributed by atoms with E-state index in [9.17, 15) is 8.42 Å². The summed E-state index contributed by atoms with van der Waals surface area (Å²) in [6.07, 6.45) is 3.67. The Morgan fingerprint density at radius 3 is 2.90 bits per heavy atom. The van der Waals surface area contributed by atoms with E-state index in [0.29, 0.717) is 30.8 Å². The number of aryl methyl sites for hydroxylation is 1. The number of nitrogen functional groups attached to an aromatic ring is 1.